The van der Waals surface area contributed by atoms with Crippen molar-refractivity contribution < 1.29 is 9.18 Å². The number of hydrogen-bond acceptors (Lipinski definition) is 5. The van der Waals surface area contributed by atoms with Crippen LogP contribution in [0.4, 0.5) is 4.39 Å². The van der Waals surface area contributed by atoms with Gasteiger partial charge in [0.2, 0.25) is 5.78 Å². The van der Waals surface area contributed by atoms with Gasteiger partial charge in [0.25, 0.3) is 5.91 Å². The molecule has 0 atom stereocenters. The molecule has 0 radical (unpaired) electrons. The molecule has 2 aromatic carbocycles. The van der Waals surface area contributed by atoms with E-state index in [4.69, 9.17) is 5.73 Å². The van der Waals surface area contributed by atoms with Crippen LogP contribution in [0.15, 0.2) is 91.6 Å². The first-order valence-corrected chi connectivity index (χ1v) is 12.7. The van der Waals surface area contributed by atoms with Gasteiger partial charge in [-0.25, -0.2) is 14.4 Å². The number of pyridine rings is 2. The predicted octanol–water partition coefficient (Wildman–Crippen LogP) is 5.25. The van der Waals surface area contributed by atoms with Crippen molar-refractivity contribution in [3.63, 3.8) is 0 Å². The predicted molar refractivity (Wildman–Crippen MR) is 146 cm³/mol. The SMILES string of the molecule is NC(=O)c1ccc(Cc2ccc(-c3cnc4ncc(C5(c6ccc7ncccc7c6)CC5)n4c3)cc2F)cn1. The molecule has 190 valence electrons. The minimum absolute atomic E-state index is 0.128. The summed E-state index contributed by atoms with van der Waals surface area (Å²) < 4.78 is 17.2. The third-order valence-electron chi connectivity index (χ3n) is 7.62. The Labute approximate surface area is 223 Å². The van der Waals surface area contributed by atoms with Gasteiger partial charge < -0.3 is 5.73 Å². The molecule has 0 spiro atoms. The van der Waals surface area contributed by atoms with E-state index in [0.717, 1.165) is 46.1 Å². The van der Waals surface area contributed by atoms with Crippen molar-refractivity contribution in [2.75, 3.05) is 0 Å². The number of imidazole rings is 1. The van der Waals surface area contributed by atoms with Gasteiger partial charge in [-0.15, -0.1) is 0 Å². The number of aromatic nitrogens is 5. The molecule has 7 nitrogen and oxygen atoms in total. The van der Waals surface area contributed by atoms with Crippen LogP contribution >= 0.6 is 0 Å². The zero-order valence-corrected chi connectivity index (χ0v) is 20.9. The van der Waals surface area contributed by atoms with E-state index in [1.54, 1.807) is 30.6 Å². The lowest BCUT2D eigenvalue weighted by atomic mass is 9.91. The summed E-state index contributed by atoms with van der Waals surface area (Å²) in [4.78, 5) is 28.9. The summed E-state index contributed by atoms with van der Waals surface area (Å²) in [6.07, 6.45) is 11.4. The maximum Gasteiger partial charge on any atom is 0.267 e. The number of nitrogens with zero attached hydrogens (tertiary/aromatic N) is 5. The second-order valence-corrected chi connectivity index (χ2v) is 10.0. The summed E-state index contributed by atoms with van der Waals surface area (Å²) in [6, 6.07) is 19.0. The zero-order chi connectivity index (χ0) is 26.6. The van der Waals surface area contributed by atoms with Gasteiger partial charge >= 0.3 is 0 Å². The minimum atomic E-state index is -0.592. The molecule has 1 aliphatic carbocycles. The monoisotopic (exact) mass is 514 g/mol. The standard InChI is InChI=1S/C31H23FN6O/c32-25-14-20(4-5-21(25)12-19-3-7-27(29(33)39)35-15-19)23-16-36-30-37-17-28(38(30)18-23)31(9-10-31)24-6-8-26-22(13-24)2-1-11-34-26/h1-8,11,13-18H,9-10,12H2,(H2,33,39). The molecule has 0 unspecified atom stereocenters. The number of benzene rings is 2. The van der Waals surface area contributed by atoms with Gasteiger partial charge in [0.15, 0.2) is 0 Å². The Morgan fingerprint density at radius 1 is 0.923 bits per heavy atom. The maximum absolute atomic E-state index is 15.2. The molecule has 6 aromatic rings. The third kappa shape index (κ3) is 4.01. The van der Waals surface area contributed by atoms with Crippen LogP contribution in [0.2, 0.25) is 0 Å². The molecule has 1 amide bonds. The zero-order valence-electron chi connectivity index (χ0n) is 20.9. The average Bonchev–Trinajstić information content (AvgIpc) is 3.66. The number of fused-ring (bicyclic) bond motifs is 2. The molecule has 4 aromatic heterocycles. The number of halogens is 1. The van der Waals surface area contributed by atoms with Gasteiger partial charge in [-0.2, -0.15) is 0 Å². The minimum Gasteiger partial charge on any atom is -0.364 e. The summed E-state index contributed by atoms with van der Waals surface area (Å²) in [7, 11) is 0. The molecule has 0 aliphatic heterocycles. The highest BCUT2D eigenvalue weighted by molar-refractivity contribution is 5.90. The molecular formula is C31H23FN6O. The Morgan fingerprint density at radius 3 is 2.56 bits per heavy atom. The molecule has 2 N–H and O–H groups in total. The number of nitrogens with two attached hydrogens (primary N) is 1. The summed E-state index contributed by atoms with van der Waals surface area (Å²) in [5.74, 6) is -0.293. The van der Waals surface area contributed by atoms with Gasteiger partial charge in [0.05, 0.1) is 17.4 Å². The van der Waals surface area contributed by atoms with E-state index >= 15 is 4.39 Å². The Balaban J connectivity index is 1.21. The number of carbonyl (C=O) groups excluding carboxylic acids is 1. The van der Waals surface area contributed by atoms with Crippen LogP contribution in [0.3, 0.4) is 0 Å². The molecule has 1 saturated carbocycles. The number of rotatable bonds is 6. The quantitative estimate of drug-likeness (QED) is 0.327. The van der Waals surface area contributed by atoms with E-state index in [1.165, 1.54) is 11.6 Å². The number of primary amides is 1. The van der Waals surface area contributed by atoms with E-state index < -0.39 is 5.91 Å². The van der Waals surface area contributed by atoms with Crippen molar-refractivity contribution in [1.82, 2.24) is 24.3 Å². The van der Waals surface area contributed by atoms with Crippen molar-refractivity contribution in [2.24, 2.45) is 5.73 Å². The van der Waals surface area contributed by atoms with Gasteiger partial charge in [-0.3, -0.25) is 19.2 Å². The second kappa shape index (κ2) is 8.80. The second-order valence-electron chi connectivity index (χ2n) is 10.0. The molecule has 1 fully saturated rings. The van der Waals surface area contributed by atoms with Crippen molar-refractivity contribution in [3.8, 4) is 11.1 Å². The van der Waals surface area contributed by atoms with Crippen LogP contribution in [0, 0.1) is 5.82 Å². The van der Waals surface area contributed by atoms with Gasteiger partial charge in [-0.05, 0) is 65.4 Å². The van der Waals surface area contributed by atoms with E-state index in [2.05, 4.69) is 44.2 Å². The number of amides is 1. The summed E-state index contributed by atoms with van der Waals surface area (Å²) in [5, 5.41) is 1.11. The molecule has 7 rings (SSSR count). The summed E-state index contributed by atoms with van der Waals surface area (Å²) in [6.45, 7) is 0. The lowest BCUT2D eigenvalue weighted by molar-refractivity contribution is 0.0995. The molecule has 0 saturated heterocycles. The highest BCUT2D eigenvalue weighted by Gasteiger charge is 2.48. The molecule has 39 heavy (non-hydrogen) atoms. The van der Waals surface area contributed by atoms with Crippen LogP contribution in [0.1, 0.15) is 45.7 Å². The average molecular weight is 515 g/mol. The van der Waals surface area contributed by atoms with Crippen LogP contribution in [0.25, 0.3) is 27.8 Å². The molecule has 8 heteroatoms. The van der Waals surface area contributed by atoms with Crippen molar-refractivity contribution >= 4 is 22.6 Å². The largest absolute Gasteiger partial charge is 0.364 e. The maximum atomic E-state index is 15.2. The van der Waals surface area contributed by atoms with Crippen LogP contribution in [-0.2, 0) is 11.8 Å². The first-order chi connectivity index (χ1) is 19.0. The fourth-order valence-corrected chi connectivity index (χ4v) is 5.33. The Bertz CT molecular complexity index is 1890. The molecule has 0 bridgehead atoms. The smallest absolute Gasteiger partial charge is 0.267 e. The van der Waals surface area contributed by atoms with Crippen LogP contribution < -0.4 is 5.73 Å². The van der Waals surface area contributed by atoms with E-state index in [-0.39, 0.29) is 16.9 Å². The van der Waals surface area contributed by atoms with Gasteiger partial charge in [0.1, 0.15) is 11.5 Å². The fourth-order valence-electron chi connectivity index (χ4n) is 5.33. The van der Waals surface area contributed by atoms with Gasteiger partial charge in [0, 0.05) is 47.6 Å². The topological polar surface area (TPSA) is 99.1 Å². The lowest BCUT2D eigenvalue weighted by Gasteiger charge is -2.17. The van der Waals surface area contributed by atoms with E-state index in [9.17, 15) is 4.79 Å². The van der Waals surface area contributed by atoms with E-state index in [0.29, 0.717) is 17.8 Å². The van der Waals surface area contributed by atoms with Gasteiger partial charge in [-0.1, -0.05) is 30.3 Å². The third-order valence-corrected chi connectivity index (χ3v) is 7.62. The number of hydrogen-bond donors (Lipinski definition) is 1. The highest BCUT2D eigenvalue weighted by atomic mass is 19.1. The Kier molecular flexibility index (Phi) is 5.23. The summed E-state index contributed by atoms with van der Waals surface area (Å²) in [5.41, 5.74) is 11.5. The first kappa shape index (κ1) is 23.2. The normalized spacial score (nSPS) is 14.1. The molecule has 1 aliphatic rings. The van der Waals surface area contributed by atoms with E-state index in [1.807, 2.05) is 35.1 Å². The number of carbonyl (C=O) groups is 1. The fraction of sp³-hybridized carbons (Fsp3) is 0.129. The Hall–Kier alpha value is -4.98. The molecule has 4 heterocycles. The first-order valence-electron chi connectivity index (χ1n) is 12.7. The molecular weight excluding hydrogens is 491 g/mol. The summed E-state index contributed by atoms with van der Waals surface area (Å²) >= 11 is 0. The lowest BCUT2D eigenvalue weighted by Crippen LogP contribution is -2.12. The van der Waals surface area contributed by atoms with Crippen molar-refractivity contribution in [2.45, 2.75) is 24.7 Å². The van der Waals surface area contributed by atoms with Crippen LogP contribution in [-0.4, -0.2) is 30.2 Å². The van der Waals surface area contributed by atoms with Crippen molar-refractivity contribution in [3.05, 3.63) is 126 Å². The highest BCUT2D eigenvalue weighted by Crippen LogP contribution is 2.53. The Morgan fingerprint density at radius 2 is 1.79 bits per heavy atom. The van der Waals surface area contributed by atoms with Crippen LogP contribution in [0.5, 0.6) is 0 Å². The van der Waals surface area contributed by atoms with Crippen molar-refractivity contribution in [1.29, 1.82) is 0 Å².